The lowest BCUT2D eigenvalue weighted by Gasteiger charge is -2.49. The van der Waals surface area contributed by atoms with Crippen LogP contribution in [0.3, 0.4) is 0 Å². The lowest BCUT2D eigenvalue weighted by Crippen LogP contribution is -2.71. The number of fused-ring (bicyclic) bond motifs is 1. The van der Waals surface area contributed by atoms with Gasteiger partial charge in [-0.3, -0.25) is 14.5 Å². The fraction of sp³-hybridized carbons (Fsp3) is 0.222. The molecule has 1 aromatic carbocycles. The maximum atomic E-state index is 13.0. The number of thioether (sulfide) groups is 1. The Labute approximate surface area is 194 Å². The monoisotopic (exact) mass is 494 g/mol. The van der Waals surface area contributed by atoms with Crippen LogP contribution in [0.2, 0.25) is 5.02 Å². The number of nitrogens with one attached hydrogen (secondary N) is 1. The Hall–Kier alpha value is -3.16. The van der Waals surface area contributed by atoms with E-state index in [0.717, 1.165) is 16.4 Å². The molecule has 3 atom stereocenters. The Morgan fingerprint density at radius 2 is 2.06 bits per heavy atom. The van der Waals surface area contributed by atoms with E-state index in [1.165, 1.54) is 17.8 Å². The van der Waals surface area contributed by atoms with E-state index in [-0.39, 0.29) is 27.6 Å². The van der Waals surface area contributed by atoms with Gasteiger partial charge in [0.05, 0.1) is 0 Å². The molecular weight excluding hydrogens is 480 g/mol. The topological polar surface area (TPSA) is 160 Å². The molecule has 0 saturated carbocycles. The highest BCUT2D eigenvalue weighted by molar-refractivity contribution is 8.00. The van der Waals surface area contributed by atoms with Gasteiger partial charge >= 0.3 is 5.97 Å². The molecule has 0 aliphatic carbocycles. The van der Waals surface area contributed by atoms with Crippen LogP contribution in [0.1, 0.15) is 12.7 Å². The number of carboxylic acid groups (broad SMARTS) is 1. The molecule has 1 fully saturated rings. The van der Waals surface area contributed by atoms with Crippen molar-refractivity contribution >= 4 is 63.5 Å². The van der Waals surface area contributed by atoms with Crippen molar-refractivity contribution in [3.63, 3.8) is 0 Å². The number of halogens is 1. The summed E-state index contributed by atoms with van der Waals surface area (Å²) < 4.78 is 3.99. The van der Waals surface area contributed by atoms with Crippen LogP contribution < -0.4 is 15.9 Å². The van der Waals surface area contributed by atoms with Crippen molar-refractivity contribution in [2.45, 2.75) is 23.6 Å². The average molecular weight is 495 g/mol. The second-order valence-electron chi connectivity index (χ2n) is 6.69. The number of aliphatic carboxylic acids is 1. The number of rotatable bonds is 6. The van der Waals surface area contributed by atoms with Crippen molar-refractivity contribution < 1.29 is 24.3 Å². The number of hydrogen-bond donors (Lipinski definition) is 3. The van der Waals surface area contributed by atoms with E-state index in [2.05, 4.69) is 19.8 Å². The second-order valence-corrected chi connectivity index (χ2v) is 9.41. The van der Waals surface area contributed by atoms with Crippen LogP contribution >= 0.6 is 34.9 Å². The minimum atomic E-state index is -1.21. The molecular formula is C18H15ClN6O5S2. The molecule has 0 spiro atoms. The first-order valence-corrected chi connectivity index (χ1v) is 11.2. The summed E-state index contributed by atoms with van der Waals surface area (Å²) in [5.41, 5.74) is 5.23. The van der Waals surface area contributed by atoms with Gasteiger partial charge in [-0.25, -0.2) is 4.79 Å². The number of β-lactam (4-membered cyclic amide) rings is 1. The van der Waals surface area contributed by atoms with Crippen LogP contribution in [-0.2, 0) is 14.4 Å². The summed E-state index contributed by atoms with van der Waals surface area (Å²) in [6.07, 6.45) is 1.49. The molecule has 2 aliphatic rings. The fourth-order valence-corrected chi connectivity index (χ4v) is 4.94. The molecule has 14 heteroatoms. The summed E-state index contributed by atoms with van der Waals surface area (Å²) in [6.45, 7) is 1.81. The van der Waals surface area contributed by atoms with Gasteiger partial charge in [0.1, 0.15) is 17.1 Å². The van der Waals surface area contributed by atoms with E-state index in [1.807, 2.05) is 0 Å². The van der Waals surface area contributed by atoms with E-state index >= 15 is 0 Å². The summed E-state index contributed by atoms with van der Waals surface area (Å²) in [6, 6.07) is 5.33. The minimum absolute atomic E-state index is 0.0709. The van der Waals surface area contributed by atoms with Gasteiger partial charge < -0.3 is 21.0 Å². The number of nitrogens with zero attached hydrogens (tertiary/aromatic N) is 4. The maximum Gasteiger partial charge on any atom is 0.352 e. The number of nitrogen functional groups attached to an aromatic ring is 1. The zero-order valence-electron chi connectivity index (χ0n) is 16.3. The summed E-state index contributed by atoms with van der Waals surface area (Å²) in [7, 11) is 0. The van der Waals surface area contributed by atoms with Gasteiger partial charge in [0.25, 0.3) is 11.8 Å². The van der Waals surface area contributed by atoms with Crippen molar-refractivity contribution in [1.29, 1.82) is 0 Å². The van der Waals surface area contributed by atoms with Crippen LogP contribution in [0.15, 0.2) is 41.2 Å². The molecule has 166 valence electrons. The lowest BCUT2D eigenvalue weighted by atomic mass is 10.0. The third-order valence-electron chi connectivity index (χ3n) is 4.48. The number of carbonyl (C=O) groups excluding carboxylic acids is 2. The third-order valence-corrected chi connectivity index (χ3v) is 6.60. The Kier molecular flexibility index (Phi) is 6.04. The number of amides is 2. The predicted molar refractivity (Wildman–Crippen MR) is 118 cm³/mol. The first-order chi connectivity index (χ1) is 15.2. The molecule has 2 aromatic rings. The molecule has 3 heterocycles. The Morgan fingerprint density at radius 1 is 1.34 bits per heavy atom. The SMILES string of the molecule is CC1C=C(C(=O)O)N2C(=O)C(NC(=O)C(=NOc3ccc(Cl)cc3)c3nsc(N)n3)[C@H]2S1. The number of hydrogen-bond acceptors (Lipinski definition) is 10. The predicted octanol–water partition coefficient (Wildman–Crippen LogP) is 1.31. The highest BCUT2D eigenvalue weighted by Gasteiger charge is 2.54. The zero-order chi connectivity index (χ0) is 23.0. The largest absolute Gasteiger partial charge is 0.477 e. The van der Waals surface area contributed by atoms with Gasteiger partial charge in [-0.15, -0.1) is 11.8 Å². The van der Waals surface area contributed by atoms with Gasteiger partial charge in [-0.05, 0) is 37.3 Å². The normalized spacial score (nSPS) is 22.5. The Morgan fingerprint density at radius 3 is 2.69 bits per heavy atom. The van der Waals surface area contributed by atoms with E-state index in [0.29, 0.717) is 10.8 Å². The maximum absolute atomic E-state index is 13.0. The molecule has 2 amide bonds. The van der Waals surface area contributed by atoms with Crippen LogP contribution in [-0.4, -0.2) is 59.5 Å². The molecule has 4 N–H and O–H groups in total. The summed E-state index contributed by atoms with van der Waals surface area (Å²) in [5.74, 6) is -2.28. The number of benzene rings is 1. The molecule has 2 unspecified atom stereocenters. The number of anilines is 1. The molecule has 1 saturated heterocycles. The van der Waals surface area contributed by atoms with E-state index < -0.39 is 29.2 Å². The van der Waals surface area contributed by atoms with Crippen molar-refractivity contribution in [2.24, 2.45) is 5.16 Å². The Bertz CT molecular complexity index is 1150. The molecule has 2 aliphatic heterocycles. The molecule has 1 aromatic heterocycles. The van der Waals surface area contributed by atoms with Gasteiger partial charge in [0.2, 0.25) is 11.5 Å². The van der Waals surface area contributed by atoms with E-state index in [9.17, 15) is 19.5 Å². The minimum Gasteiger partial charge on any atom is -0.477 e. The van der Waals surface area contributed by atoms with Crippen LogP contribution in [0, 0.1) is 0 Å². The molecule has 0 radical (unpaired) electrons. The van der Waals surface area contributed by atoms with Crippen LogP contribution in [0.25, 0.3) is 0 Å². The summed E-state index contributed by atoms with van der Waals surface area (Å²) >= 11 is 8.06. The highest BCUT2D eigenvalue weighted by Crippen LogP contribution is 2.40. The number of nitrogens with two attached hydrogens (primary N) is 1. The number of oxime groups is 1. The smallest absolute Gasteiger partial charge is 0.352 e. The highest BCUT2D eigenvalue weighted by atomic mass is 35.5. The Balaban J connectivity index is 1.55. The van der Waals surface area contributed by atoms with Crippen molar-refractivity contribution in [3.05, 3.63) is 46.9 Å². The summed E-state index contributed by atoms with van der Waals surface area (Å²) in [5, 5.41) is 15.7. The molecule has 0 bridgehead atoms. The number of carbonyl (C=O) groups is 3. The fourth-order valence-electron chi connectivity index (χ4n) is 3.05. The summed E-state index contributed by atoms with van der Waals surface area (Å²) in [4.78, 5) is 47.5. The van der Waals surface area contributed by atoms with Gasteiger partial charge in [0.15, 0.2) is 10.9 Å². The molecule has 4 rings (SSSR count). The van der Waals surface area contributed by atoms with Crippen molar-refractivity contribution in [1.82, 2.24) is 19.6 Å². The van der Waals surface area contributed by atoms with Gasteiger partial charge in [0, 0.05) is 21.8 Å². The average Bonchev–Trinajstić information content (AvgIpc) is 3.18. The number of carboxylic acids is 1. The third kappa shape index (κ3) is 4.26. The van der Waals surface area contributed by atoms with Crippen molar-refractivity contribution in [2.75, 3.05) is 5.73 Å². The first kappa shape index (κ1) is 22.0. The van der Waals surface area contributed by atoms with Crippen LogP contribution in [0.4, 0.5) is 5.13 Å². The van der Waals surface area contributed by atoms with Crippen LogP contribution in [0.5, 0.6) is 5.75 Å². The van der Waals surface area contributed by atoms with E-state index in [4.69, 9.17) is 22.2 Å². The lowest BCUT2D eigenvalue weighted by molar-refractivity contribution is -0.150. The quantitative estimate of drug-likeness (QED) is 0.305. The van der Waals surface area contributed by atoms with Gasteiger partial charge in [-0.1, -0.05) is 16.8 Å². The zero-order valence-corrected chi connectivity index (χ0v) is 18.6. The standard InChI is InChI=1S/C18H15ClN6O5S2/c1-7-6-10(17(28)29)25-15(27)12(16(25)31-7)21-14(26)11(13-22-18(20)32-24-13)23-30-9-4-2-8(19)3-5-9/h2-7,12,16H,1H3,(H,21,26)(H,28,29)(H2,20,22,24)/t7?,12?,16-/m1/s1. The first-order valence-electron chi connectivity index (χ1n) is 9.09. The van der Waals surface area contributed by atoms with Gasteiger partial charge in [-0.2, -0.15) is 9.36 Å². The van der Waals surface area contributed by atoms with Crippen molar-refractivity contribution in [3.8, 4) is 5.75 Å². The molecule has 32 heavy (non-hydrogen) atoms. The second kappa shape index (κ2) is 8.76. The number of aromatic nitrogens is 2. The molecule has 11 nitrogen and oxygen atoms in total. The van der Waals surface area contributed by atoms with E-state index in [1.54, 1.807) is 31.2 Å².